The molecule has 3 nitrogen and oxygen atoms in total. The molecular weight excluding hydrogens is 190 g/mol. The average molecular weight is 217 g/mol. The summed E-state index contributed by atoms with van der Waals surface area (Å²) in [6.45, 7) is 7.55. The molecule has 0 aromatic carbocycles. The van der Waals surface area contributed by atoms with E-state index in [2.05, 4.69) is 26.1 Å². The van der Waals surface area contributed by atoms with Crippen LogP contribution in [0.5, 0.6) is 0 Å². The number of nitrogens with one attached hydrogen (secondary N) is 1. The molecule has 0 aromatic rings. The van der Waals surface area contributed by atoms with E-state index in [0.29, 0.717) is 6.04 Å². The lowest BCUT2D eigenvalue weighted by atomic mass is 9.94. The van der Waals surface area contributed by atoms with E-state index in [4.69, 9.17) is 9.47 Å². The van der Waals surface area contributed by atoms with Gasteiger partial charge in [-0.1, -0.05) is 33.6 Å². The van der Waals surface area contributed by atoms with Gasteiger partial charge in [-0.15, -0.1) is 0 Å². The molecule has 0 aliphatic heterocycles. The molecule has 0 saturated heterocycles. The second-order valence-corrected chi connectivity index (χ2v) is 3.92. The molecule has 0 heterocycles. The van der Waals surface area contributed by atoms with Crippen molar-refractivity contribution in [3.05, 3.63) is 0 Å². The van der Waals surface area contributed by atoms with Crippen LogP contribution in [0.2, 0.25) is 0 Å². The van der Waals surface area contributed by atoms with Crippen LogP contribution in [-0.2, 0) is 9.47 Å². The van der Waals surface area contributed by atoms with Crippen molar-refractivity contribution in [1.82, 2.24) is 5.32 Å². The SMILES string of the molecule is CCNC(CC(CC)CC)C(OC)OC. The molecule has 1 atom stereocenters. The molecule has 0 rings (SSSR count). The standard InChI is InChI=1S/C12H27NO2/c1-6-10(7-2)9-11(13-8-3)12(14-4)15-5/h10-13H,6-9H2,1-5H3. The molecule has 3 heteroatoms. The Morgan fingerprint density at radius 3 is 1.87 bits per heavy atom. The second kappa shape index (κ2) is 9.13. The Morgan fingerprint density at radius 1 is 1.00 bits per heavy atom. The molecule has 0 saturated carbocycles. The molecular formula is C12H27NO2. The van der Waals surface area contributed by atoms with E-state index in [1.165, 1.54) is 12.8 Å². The van der Waals surface area contributed by atoms with Crippen molar-refractivity contribution >= 4 is 0 Å². The smallest absolute Gasteiger partial charge is 0.171 e. The number of hydrogen-bond acceptors (Lipinski definition) is 3. The number of hydrogen-bond donors (Lipinski definition) is 1. The third kappa shape index (κ3) is 5.50. The molecule has 15 heavy (non-hydrogen) atoms. The van der Waals surface area contributed by atoms with Crippen molar-refractivity contribution in [3.63, 3.8) is 0 Å². The summed E-state index contributed by atoms with van der Waals surface area (Å²) in [5.74, 6) is 0.752. The van der Waals surface area contributed by atoms with Gasteiger partial charge in [-0.2, -0.15) is 0 Å². The summed E-state index contributed by atoms with van der Waals surface area (Å²) in [6, 6.07) is 0.301. The van der Waals surface area contributed by atoms with Gasteiger partial charge in [0.25, 0.3) is 0 Å². The van der Waals surface area contributed by atoms with Crippen LogP contribution in [0.25, 0.3) is 0 Å². The highest BCUT2D eigenvalue weighted by Gasteiger charge is 2.22. The fourth-order valence-electron chi connectivity index (χ4n) is 1.96. The fraction of sp³-hybridized carbons (Fsp3) is 1.00. The third-order valence-electron chi connectivity index (χ3n) is 3.00. The van der Waals surface area contributed by atoms with E-state index in [1.807, 2.05) is 0 Å². The van der Waals surface area contributed by atoms with E-state index in [-0.39, 0.29) is 6.29 Å². The van der Waals surface area contributed by atoms with Crippen LogP contribution in [0.3, 0.4) is 0 Å². The van der Waals surface area contributed by atoms with Gasteiger partial charge in [0.05, 0.1) is 6.04 Å². The van der Waals surface area contributed by atoms with Crippen molar-refractivity contribution in [2.75, 3.05) is 20.8 Å². The van der Waals surface area contributed by atoms with E-state index >= 15 is 0 Å². The summed E-state index contributed by atoms with van der Waals surface area (Å²) in [5, 5.41) is 3.43. The summed E-state index contributed by atoms with van der Waals surface area (Å²) < 4.78 is 10.6. The Bertz CT molecular complexity index is 134. The Balaban J connectivity index is 4.22. The Hall–Kier alpha value is -0.120. The first-order chi connectivity index (χ1) is 7.23. The third-order valence-corrected chi connectivity index (χ3v) is 3.00. The quantitative estimate of drug-likeness (QED) is 0.602. The lowest BCUT2D eigenvalue weighted by Crippen LogP contribution is -2.43. The molecule has 0 spiro atoms. The highest BCUT2D eigenvalue weighted by atomic mass is 16.7. The zero-order chi connectivity index (χ0) is 11.7. The summed E-state index contributed by atoms with van der Waals surface area (Å²) in [7, 11) is 3.40. The summed E-state index contributed by atoms with van der Waals surface area (Å²) in [4.78, 5) is 0. The Kier molecular flexibility index (Phi) is 9.06. The predicted octanol–water partition coefficient (Wildman–Crippen LogP) is 2.41. The lowest BCUT2D eigenvalue weighted by Gasteiger charge is -2.28. The Morgan fingerprint density at radius 2 is 1.53 bits per heavy atom. The van der Waals surface area contributed by atoms with Crippen LogP contribution < -0.4 is 5.32 Å². The lowest BCUT2D eigenvalue weighted by molar-refractivity contribution is -0.126. The van der Waals surface area contributed by atoms with Gasteiger partial charge in [0.15, 0.2) is 6.29 Å². The maximum absolute atomic E-state index is 5.32. The van der Waals surface area contributed by atoms with Crippen LogP contribution in [0, 0.1) is 5.92 Å². The first kappa shape index (κ1) is 14.9. The molecule has 1 N–H and O–H groups in total. The van der Waals surface area contributed by atoms with E-state index in [9.17, 15) is 0 Å². The molecule has 0 radical (unpaired) electrons. The molecule has 1 unspecified atom stereocenters. The van der Waals surface area contributed by atoms with E-state index in [1.54, 1.807) is 14.2 Å². The molecule has 0 aliphatic carbocycles. The zero-order valence-electron chi connectivity index (χ0n) is 10.9. The van der Waals surface area contributed by atoms with Crippen molar-refractivity contribution in [1.29, 1.82) is 0 Å². The van der Waals surface area contributed by atoms with Crippen LogP contribution in [0.4, 0.5) is 0 Å². The topological polar surface area (TPSA) is 30.5 Å². The minimum atomic E-state index is -0.134. The van der Waals surface area contributed by atoms with Gasteiger partial charge in [0, 0.05) is 14.2 Å². The van der Waals surface area contributed by atoms with Gasteiger partial charge in [0.2, 0.25) is 0 Å². The van der Waals surface area contributed by atoms with Crippen LogP contribution in [0.1, 0.15) is 40.0 Å². The number of rotatable bonds is 9. The minimum Gasteiger partial charge on any atom is -0.354 e. The largest absolute Gasteiger partial charge is 0.354 e. The van der Waals surface area contributed by atoms with E-state index in [0.717, 1.165) is 18.9 Å². The molecule has 0 bridgehead atoms. The molecule has 0 fully saturated rings. The van der Waals surface area contributed by atoms with Gasteiger partial charge in [-0.05, 0) is 18.9 Å². The van der Waals surface area contributed by atoms with Gasteiger partial charge in [0.1, 0.15) is 0 Å². The van der Waals surface area contributed by atoms with Gasteiger partial charge in [-0.3, -0.25) is 0 Å². The molecule has 0 amide bonds. The second-order valence-electron chi connectivity index (χ2n) is 3.92. The highest BCUT2D eigenvalue weighted by molar-refractivity contribution is 4.73. The van der Waals surface area contributed by atoms with Crippen LogP contribution in [0.15, 0.2) is 0 Å². The van der Waals surface area contributed by atoms with Crippen molar-refractivity contribution in [3.8, 4) is 0 Å². The first-order valence-electron chi connectivity index (χ1n) is 6.02. The van der Waals surface area contributed by atoms with Gasteiger partial charge in [-0.25, -0.2) is 0 Å². The number of ether oxygens (including phenoxy) is 2. The van der Waals surface area contributed by atoms with Crippen molar-refractivity contribution in [2.24, 2.45) is 5.92 Å². The molecule has 0 aliphatic rings. The molecule has 0 aromatic heterocycles. The Labute approximate surface area is 94.5 Å². The fourth-order valence-corrected chi connectivity index (χ4v) is 1.96. The average Bonchev–Trinajstić information content (AvgIpc) is 2.27. The van der Waals surface area contributed by atoms with Gasteiger partial charge < -0.3 is 14.8 Å². The monoisotopic (exact) mass is 217 g/mol. The van der Waals surface area contributed by atoms with Crippen LogP contribution >= 0.6 is 0 Å². The summed E-state index contributed by atoms with van der Waals surface area (Å²) in [6.07, 6.45) is 3.43. The van der Waals surface area contributed by atoms with E-state index < -0.39 is 0 Å². The zero-order valence-corrected chi connectivity index (χ0v) is 10.9. The van der Waals surface area contributed by atoms with Crippen molar-refractivity contribution < 1.29 is 9.47 Å². The number of likely N-dealkylation sites (N-methyl/N-ethyl adjacent to an activating group) is 1. The first-order valence-corrected chi connectivity index (χ1v) is 6.02. The number of methoxy groups -OCH3 is 2. The summed E-state index contributed by atoms with van der Waals surface area (Å²) in [5.41, 5.74) is 0. The minimum absolute atomic E-state index is 0.134. The highest BCUT2D eigenvalue weighted by Crippen LogP contribution is 2.18. The maximum atomic E-state index is 5.32. The van der Waals surface area contributed by atoms with Crippen LogP contribution in [-0.4, -0.2) is 33.1 Å². The predicted molar refractivity (Wildman–Crippen MR) is 64.0 cm³/mol. The van der Waals surface area contributed by atoms with Gasteiger partial charge >= 0.3 is 0 Å². The normalized spacial score (nSPS) is 13.8. The van der Waals surface area contributed by atoms with Crippen molar-refractivity contribution in [2.45, 2.75) is 52.4 Å². The maximum Gasteiger partial charge on any atom is 0.171 e. The summed E-state index contributed by atoms with van der Waals surface area (Å²) >= 11 is 0. The molecule has 92 valence electrons.